The Kier molecular flexibility index (Phi) is 4.58. The minimum atomic E-state index is -1.08. The third-order valence-electron chi connectivity index (χ3n) is 2.41. The third kappa shape index (κ3) is 3.24. The molecule has 0 aliphatic rings. The Labute approximate surface area is 111 Å². The number of hydrogen-bond donors (Lipinski definition) is 0. The Hall–Kier alpha value is -1.48. The first-order valence-corrected chi connectivity index (χ1v) is 5.70. The standard InChI is InChI=1S/C13H10Cl2N2/c1-2-5-13(8-16,9-17)7-10-3-4-11(14)12(15)6-10/h2-4,6H,1,5,7H2. The molecule has 0 fully saturated rings. The van der Waals surface area contributed by atoms with Crippen LogP contribution in [0.3, 0.4) is 0 Å². The quantitative estimate of drug-likeness (QED) is 0.768. The Morgan fingerprint density at radius 2 is 1.88 bits per heavy atom. The number of hydrogen-bond acceptors (Lipinski definition) is 2. The van der Waals surface area contributed by atoms with Crippen molar-refractivity contribution in [2.24, 2.45) is 5.41 Å². The molecule has 0 aromatic heterocycles. The number of rotatable bonds is 4. The zero-order valence-corrected chi connectivity index (χ0v) is 10.6. The van der Waals surface area contributed by atoms with Gasteiger partial charge in [0, 0.05) is 6.42 Å². The van der Waals surface area contributed by atoms with Crippen molar-refractivity contribution in [3.63, 3.8) is 0 Å². The van der Waals surface area contributed by atoms with Gasteiger partial charge in [-0.15, -0.1) is 6.58 Å². The van der Waals surface area contributed by atoms with Crippen LogP contribution >= 0.6 is 23.2 Å². The van der Waals surface area contributed by atoms with Crippen molar-refractivity contribution >= 4 is 23.2 Å². The molecule has 0 aliphatic carbocycles. The second-order valence-corrected chi connectivity index (χ2v) is 4.54. The van der Waals surface area contributed by atoms with Gasteiger partial charge in [0.25, 0.3) is 0 Å². The van der Waals surface area contributed by atoms with Gasteiger partial charge in [-0.25, -0.2) is 0 Å². The molecule has 0 saturated heterocycles. The summed E-state index contributed by atoms with van der Waals surface area (Å²) >= 11 is 11.7. The SMILES string of the molecule is C=CCC(C#N)(C#N)Cc1ccc(Cl)c(Cl)c1. The lowest BCUT2D eigenvalue weighted by Crippen LogP contribution is -2.18. The molecule has 1 aromatic rings. The molecule has 0 N–H and O–H groups in total. The van der Waals surface area contributed by atoms with Gasteiger partial charge < -0.3 is 0 Å². The molecule has 0 radical (unpaired) electrons. The summed E-state index contributed by atoms with van der Waals surface area (Å²) in [6.45, 7) is 3.57. The topological polar surface area (TPSA) is 47.6 Å². The molecule has 0 saturated carbocycles. The van der Waals surface area contributed by atoms with E-state index in [1.807, 2.05) is 12.1 Å². The molecule has 0 heterocycles. The van der Waals surface area contributed by atoms with Gasteiger partial charge in [-0.2, -0.15) is 10.5 Å². The smallest absolute Gasteiger partial charge is 0.151 e. The summed E-state index contributed by atoms with van der Waals surface area (Å²) in [5, 5.41) is 19.1. The van der Waals surface area contributed by atoms with Gasteiger partial charge in [-0.1, -0.05) is 35.3 Å². The molecule has 0 amide bonds. The fourth-order valence-electron chi connectivity index (χ4n) is 1.51. The molecule has 86 valence electrons. The lowest BCUT2D eigenvalue weighted by Gasteiger charge is -2.16. The van der Waals surface area contributed by atoms with Crippen LogP contribution in [0.5, 0.6) is 0 Å². The summed E-state index contributed by atoms with van der Waals surface area (Å²) in [6.07, 6.45) is 2.20. The minimum Gasteiger partial charge on any atom is -0.197 e. The van der Waals surface area contributed by atoms with E-state index in [1.165, 1.54) is 0 Å². The van der Waals surface area contributed by atoms with Crippen molar-refractivity contribution in [3.05, 3.63) is 46.5 Å². The van der Waals surface area contributed by atoms with E-state index in [1.54, 1.807) is 24.3 Å². The molecule has 0 spiro atoms. The molecule has 0 bridgehead atoms. The van der Waals surface area contributed by atoms with E-state index in [9.17, 15) is 0 Å². The molecule has 0 aliphatic heterocycles. The van der Waals surface area contributed by atoms with Crippen molar-refractivity contribution in [1.82, 2.24) is 0 Å². The monoisotopic (exact) mass is 264 g/mol. The molecule has 1 aromatic carbocycles. The number of allylic oxidation sites excluding steroid dienone is 1. The van der Waals surface area contributed by atoms with Crippen LogP contribution in [0.2, 0.25) is 10.0 Å². The predicted molar refractivity (Wildman–Crippen MR) is 68.6 cm³/mol. The predicted octanol–water partition coefficient (Wildman–Crippen LogP) is 4.15. The molecule has 4 heteroatoms. The van der Waals surface area contributed by atoms with E-state index in [0.29, 0.717) is 22.9 Å². The van der Waals surface area contributed by atoms with Crippen LogP contribution in [0.25, 0.3) is 0 Å². The second kappa shape index (κ2) is 5.73. The van der Waals surface area contributed by atoms with E-state index in [-0.39, 0.29) is 0 Å². The van der Waals surface area contributed by atoms with E-state index < -0.39 is 5.41 Å². The van der Waals surface area contributed by atoms with E-state index in [0.717, 1.165) is 5.56 Å². The van der Waals surface area contributed by atoms with Gasteiger partial charge in [0.2, 0.25) is 0 Å². The number of nitrogens with zero attached hydrogens (tertiary/aromatic N) is 2. The summed E-state index contributed by atoms with van der Waals surface area (Å²) in [4.78, 5) is 0. The molecule has 0 unspecified atom stereocenters. The van der Waals surface area contributed by atoms with Gasteiger partial charge in [0.15, 0.2) is 5.41 Å². The summed E-state index contributed by atoms with van der Waals surface area (Å²) in [6, 6.07) is 9.18. The maximum Gasteiger partial charge on any atom is 0.151 e. The summed E-state index contributed by atoms with van der Waals surface area (Å²) in [7, 11) is 0. The minimum absolute atomic E-state index is 0.308. The van der Waals surface area contributed by atoms with Gasteiger partial charge in [-0.05, 0) is 24.1 Å². The third-order valence-corrected chi connectivity index (χ3v) is 3.15. The van der Waals surface area contributed by atoms with Gasteiger partial charge in [0.05, 0.1) is 22.2 Å². The molecule has 0 atom stereocenters. The average molecular weight is 265 g/mol. The maximum atomic E-state index is 9.11. The van der Waals surface area contributed by atoms with Gasteiger partial charge in [-0.3, -0.25) is 0 Å². The summed E-state index contributed by atoms with van der Waals surface area (Å²) < 4.78 is 0. The van der Waals surface area contributed by atoms with Crippen LogP contribution in [0.4, 0.5) is 0 Å². The van der Waals surface area contributed by atoms with Crippen molar-refractivity contribution in [2.75, 3.05) is 0 Å². The lowest BCUT2D eigenvalue weighted by atomic mass is 9.81. The van der Waals surface area contributed by atoms with Crippen molar-refractivity contribution in [2.45, 2.75) is 12.8 Å². The van der Waals surface area contributed by atoms with E-state index in [4.69, 9.17) is 33.7 Å². The van der Waals surface area contributed by atoms with Crippen LogP contribution in [0, 0.1) is 28.1 Å². The molecular formula is C13H10Cl2N2. The fraction of sp³-hybridized carbons (Fsp3) is 0.231. The first kappa shape index (κ1) is 13.6. The average Bonchev–Trinajstić information content (AvgIpc) is 2.33. The number of benzene rings is 1. The highest BCUT2D eigenvalue weighted by atomic mass is 35.5. The second-order valence-electron chi connectivity index (χ2n) is 3.72. The first-order chi connectivity index (χ1) is 8.06. The lowest BCUT2D eigenvalue weighted by molar-refractivity contribution is 0.527. The van der Waals surface area contributed by atoms with E-state index >= 15 is 0 Å². The molecule has 2 nitrogen and oxygen atoms in total. The Bertz CT molecular complexity index is 495. The molecule has 17 heavy (non-hydrogen) atoms. The Morgan fingerprint density at radius 1 is 1.24 bits per heavy atom. The largest absolute Gasteiger partial charge is 0.197 e. The van der Waals surface area contributed by atoms with Crippen LogP contribution in [0.15, 0.2) is 30.9 Å². The fourth-order valence-corrected chi connectivity index (χ4v) is 1.83. The molecule has 1 rings (SSSR count). The maximum absolute atomic E-state index is 9.11. The molecular weight excluding hydrogens is 255 g/mol. The van der Waals surface area contributed by atoms with Gasteiger partial charge >= 0.3 is 0 Å². The number of halogens is 2. The van der Waals surface area contributed by atoms with Crippen LogP contribution in [-0.4, -0.2) is 0 Å². The van der Waals surface area contributed by atoms with Crippen LogP contribution < -0.4 is 0 Å². The highest BCUT2D eigenvalue weighted by molar-refractivity contribution is 6.42. The van der Waals surface area contributed by atoms with Crippen LogP contribution in [0.1, 0.15) is 12.0 Å². The summed E-state index contributed by atoms with van der Waals surface area (Å²) in [5.74, 6) is 0. The zero-order valence-electron chi connectivity index (χ0n) is 9.08. The summed E-state index contributed by atoms with van der Waals surface area (Å²) in [5.41, 5.74) is -0.275. The zero-order chi connectivity index (χ0) is 12.9. The Morgan fingerprint density at radius 3 is 2.35 bits per heavy atom. The van der Waals surface area contributed by atoms with Crippen molar-refractivity contribution in [3.8, 4) is 12.1 Å². The van der Waals surface area contributed by atoms with Crippen molar-refractivity contribution < 1.29 is 0 Å². The first-order valence-electron chi connectivity index (χ1n) is 4.94. The number of nitriles is 2. The highest BCUT2D eigenvalue weighted by Crippen LogP contribution is 2.29. The van der Waals surface area contributed by atoms with Crippen molar-refractivity contribution in [1.29, 1.82) is 10.5 Å². The van der Waals surface area contributed by atoms with E-state index in [2.05, 4.69) is 6.58 Å². The Balaban J connectivity index is 3.03. The van der Waals surface area contributed by atoms with Crippen LogP contribution in [-0.2, 0) is 6.42 Å². The highest BCUT2D eigenvalue weighted by Gasteiger charge is 2.29. The normalized spacial score (nSPS) is 10.4. The van der Waals surface area contributed by atoms with Gasteiger partial charge in [0.1, 0.15) is 0 Å².